The lowest BCUT2D eigenvalue weighted by Gasteiger charge is -2.34. The van der Waals surface area contributed by atoms with Crippen LogP contribution in [-0.4, -0.2) is 59.3 Å². The lowest BCUT2D eigenvalue weighted by molar-refractivity contribution is -0.132. The number of halogens is 1. The molecule has 6 nitrogen and oxygen atoms in total. The van der Waals surface area contributed by atoms with Gasteiger partial charge in [-0.3, -0.25) is 14.5 Å². The second-order valence-corrected chi connectivity index (χ2v) is 7.60. The van der Waals surface area contributed by atoms with Crippen molar-refractivity contribution in [1.29, 1.82) is 0 Å². The van der Waals surface area contributed by atoms with Gasteiger partial charge in [0.05, 0.1) is 13.0 Å². The summed E-state index contributed by atoms with van der Waals surface area (Å²) < 4.78 is 12.9. The molecule has 1 aromatic heterocycles. The summed E-state index contributed by atoms with van der Waals surface area (Å²) in [4.78, 5) is 32.0. The van der Waals surface area contributed by atoms with Gasteiger partial charge >= 0.3 is 0 Å². The number of amides is 2. The molecule has 156 valence electrons. The molecule has 0 radical (unpaired) electrons. The van der Waals surface area contributed by atoms with Crippen molar-refractivity contribution in [2.24, 2.45) is 0 Å². The number of carbonyl (C=O) groups excluding carboxylic acids is 2. The highest BCUT2D eigenvalue weighted by Gasteiger charge is 2.23. The van der Waals surface area contributed by atoms with Crippen molar-refractivity contribution in [3.8, 4) is 0 Å². The number of H-pyrrole nitrogens is 1. The van der Waals surface area contributed by atoms with Crippen molar-refractivity contribution in [3.63, 3.8) is 0 Å². The van der Waals surface area contributed by atoms with Gasteiger partial charge in [-0.25, -0.2) is 4.39 Å². The zero-order valence-electron chi connectivity index (χ0n) is 16.7. The lowest BCUT2D eigenvalue weighted by Crippen LogP contribution is -2.51. The van der Waals surface area contributed by atoms with E-state index < -0.39 is 0 Å². The van der Waals surface area contributed by atoms with Crippen LogP contribution in [0.4, 0.5) is 4.39 Å². The van der Waals surface area contributed by atoms with E-state index in [0.717, 1.165) is 22.0 Å². The predicted octanol–water partition coefficient (Wildman–Crippen LogP) is 2.31. The van der Waals surface area contributed by atoms with Crippen LogP contribution in [0.5, 0.6) is 0 Å². The molecule has 1 aliphatic heterocycles. The molecule has 30 heavy (non-hydrogen) atoms. The predicted molar refractivity (Wildman–Crippen MR) is 113 cm³/mol. The number of para-hydroxylation sites is 1. The Bertz CT molecular complexity index is 1020. The second-order valence-electron chi connectivity index (χ2n) is 7.60. The number of carbonyl (C=O) groups is 2. The fourth-order valence-electron chi connectivity index (χ4n) is 3.77. The summed E-state index contributed by atoms with van der Waals surface area (Å²) in [5, 5.41) is 3.94. The number of piperazine rings is 1. The number of fused-ring (bicyclic) bond motifs is 1. The highest BCUT2D eigenvalue weighted by Crippen LogP contribution is 2.19. The maximum Gasteiger partial charge on any atom is 0.234 e. The molecule has 7 heteroatoms. The highest BCUT2D eigenvalue weighted by atomic mass is 19.1. The summed E-state index contributed by atoms with van der Waals surface area (Å²) in [6, 6.07) is 14.1. The molecule has 0 atom stereocenters. The smallest absolute Gasteiger partial charge is 0.234 e. The summed E-state index contributed by atoms with van der Waals surface area (Å²) in [6.45, 7) is 3.25. The van der Waals surface area contributed by atoms with Gasteiger partial charge in [-0.2, -0.15) is 0 Å². The molecular weight excluding hydrogens is 383 g/mol. The molecule has 0 saturated carbocycles. The second kappa shape index (κ2) is 9.09. The van der Waals surface area contributed by atoms with E-state index in [2.05, 4.69) is 15.2 Å². The molecular formula is C23H25FN4O2. The Balaban J connectivity index is 1.22. The van der Waals surface area contributed by atoms with Crippen LogP contribution < -0.4 is 5.32 Å². The van der Waals surface area contributed by atoms with Crippen molar-refractivity contribution in [2.75, 3.05) is 32.7 Å². The molecule has 1 aliphatic rings. The van der Waals surface area contributed by atoms with Crippen molar-refractivity contribution in [1.82, 2.24) is 20.1 Å². The molecule has 0 spiro atoms. The normalized spacial score (nSPS) is 14.8. The Kier molecular flexibility index (Phi) is 6.09. The number of aromatic nitrogens is 1. The Morgan fingerprint density at radius 1 is 1.00 bits per heavy atom. The van der Waals surface area contributed by atoms with E-state index in [0.29, 0.717) is 45.7 Å². The molecule has 2 heterocycles. The van der Waals surface area contributed by atoms with Gasteiger partial charge in [0.2, 0.25) is 11.8 Å². The van der Waals surface area contributed by atoms with Gasteiger partial charge in [-0.05, 0) is 29.3 Å². The zero-order valence-corrected chi connectivity index (χ0v) is 16.7. The Labute approximate surface area is 174 Å². The van der Waals surface area contributed by atoms with Gasteiger partial charge in [0, 0.05) is 49.8 Å². The average Bonchev–Trinajstić information content (AvgIpc) is 3.17. The lowest BCUT2D eigenvalue weighted by atomic mass is 10.1. The van der Waals surface area contributed by atoms with Crippen LogP contribution in [0, 0.1) is 5.82 Å². The average molecular weight is 408 g/mol. The maximum absolute atomic E-state index is 12.9. The highest BCUT2D eigenvalue weighted by molar-refractivity contribution is 5.89. The van der Waals surface area contributed by atoms with Crippen LogP contribution in [0.3, 0.4) is 0 Å². The minimum Gasteiger partial charge on any atom is -0.361 e. The number of hydrogen-bond donors (Lipinski definition) is 2. The van der Waals surface area contributed by atoms with Gasteiger partial charge in [0.1, 0.15) is 5.82 Å². The quantitative estimate of drug-likeness (QED) is 0.658. The summed E-state index contributed by atoms with van der Waals surface area (Å²) in [7, 11) is 0. The van der Waals surface area contributed by atoms with Gasteiger partial charge in [0.25, 0.3) is 0 Å². The minimum absolute atomic E-state index is 0.0714. The first-order valence-electron chi connectivity index (χ1n) is 10.1. The third-order valence-corrected chi connectivity index (χ3v) is 5.51. The first-order chi connectivity index (χ1) is 14.6. The monoisotopic (exact) mass is 408 g/mol. The van der Waals surface area contributed by atoms with Crippen LogP contribution >= 0.6 is 0 Å². The van der Waals surface area contributed by atoms with Gasteiger partial charge in [0.15, 0.2) is 0 Å². The first kappa shape index (κ1) is 20.1. The van der Waals surface area contributed by atoms with E-state index in [1.165, 1.54) is 12.1 Å². The zero-order chi connectivity index (χ0) is 20.9. The number of nitrogens with zero attached hydrogens (tertiary/aromatic N) is 2. The number of rotatable bonds is 6. The van der Waals surface area contributed by atoms with Crippen LogP contribution in [-0.2, 0) is 22.6 Å². The number of aromatic amines is 1. The minimum atomic E-state index is -0.290. The van der Waals surface area contributed by atoms with E-state index in [-0.39, 0.29) is 17.6 Å². The molecule has 0 bridgehead atoms. The van der Waals surface area contributed by atoms with Crippen LogP contribution in [0.2, 0.25) is 0 Å². The Morgan fingerprint density at radius 3 is 2.50 bits per heavy atom. The Morgan fingerprint density at radius 2 is 1.73 bits per heavy atom. The molecule has 2 amide bonds. The summed E-state index contributed by atoms with van der Waals surface area (Å²) in [5.41, 5.74) is 2.91. The standard InChI is InChI=1S/C23H25FN4O2/c24-19-7-5-17(6-8-19)14-26-22(29)16-27-9-11-28(12-10-27)23(30)13-18-15-25-21-4-2-1-3-20(18)21/h1-8,15,25H,9-14,16H2,(H,26,29). The SMILES string of the molecule is O=C(CN1CCN(C(=O)Cc2c[nH]c3ccccc23)CC1)NCc1ccc(F)cc1. The fourth-order valence-corrected chi connectivity index (χ4v) is 3.77. The molecule has 3 aromatic rings. The van der Waals surface area contributed by atoms with Gasteiger partial charge < -0.3 is 15.2 Å². The van der Waals surface area contributed by atoms with E-state index in [1.54, 1.807) is 12.1 Å². The fraction of sp³-hybridized carbons (Fsp3) is 0.304. The summed E-state index contributed by atoms with van der Waals surface area (Å²) in [6.07, 6.45) is 2.28. The molecule has 1 saturated heterocycles. The summed E-state index contributed by atoms with van der Waals surface area (Å²) >= 11 is 0. The topological polar surface area (TPSA) is 68.4 Å². The maximum atomic E-state index is 12.9. The van der Waals surface area contributed by atoms with E-state index in [1.807, 2.05) is 35.4 Å². The van der Waals surface area contributed by atoms with Gasteiger partial charge in [-0.15, -0.1) is 0 Å². The molecule has 0 aliphatic carbocycles. The Hall–Kier alpha value is -3.19. The van der Waals surface area contributed by atoms with Crippen molar-refractivity contribution < 1.29 is 14.0 Å². The molecule has 4 rings (SSSR count). The van der Waals surface area contributed by atoms with Crippen molar-refractivity contribution >= 4 is 22.7 Å². The molecule has 2 N–H and O–H groups in total. The van der Waals surface area contributed by atoms with E-state index in [4.69, 9.17) is 0 Å². The molecule has 1 fully saturated rings. The van der Waals surface area contributed by atoms with Gasteiger partial charge in [-0.1, -0.05) is 30.3 Å². The van der Waals surface area contributed by atoms with Crippen molar-refractivity contribution in [3.05, 3.63) is 71.7 Å². The van der Waals surface area contributed by atoms with Crippen molar-refractivity contribution in [2.45, 2.75) is 13.0 Å². The number of hydrogen-bond acceptors (Lipinski definition) is 3. The first-order valence-corrected chi connectivity index (χ1v) is 10.1. The third kappa shape index (κ3) is 4.86. The van der Waals surface area contributed by atoms with E-state index in [9.17, 15) is 14.0 Å². The molecule has 2 aromatic carbocycles. The van der Waals surface area contributed by atoms with Crippen LogP contribution in [0.25, 0.3) is 10.9 Å². The largest absolute Gasteiger partial charge is 0.361 e. The third-order valence-electron chi connectivity index (χ3n) is 5.51. The summed E-state index contributed by atoms with van der Waals surface area (Å²) in [5.74, 6) is -0.250. The van der Waals surface area contributed by atoms with Crippen LogP contribution in [0.15, 0.2) is 54.7 Å². The molecule has 0 unspecified atom stereocenters. The van der Waals surface area contributed by atoms with Crippen LogP contribution in [0.1, 0.15) is 11.1 Å². The number of benzene rings is 2. The van der Waals surface area contributed by atoms with E-state index >= 15 is 0 Å². The number of nitrogens with one attached hydrogen (secondary N) is 2.